The van der Waals surface area contributed by atoms with Crippen molar-refractivity contribution >= 4 is 11.9 Å². The molecule has 1 N–H and O–H groups in total. The van der Waals surface area contributed by atoms with Crippen molar-refractivity contribution in [2.24, 2.45) is 5.92 Å². The normalized spacial score (nSPS) is 22.1. The summed E-state index contributed by atoms with van der Waals surface area (Å²) in [6.07, 6.45) is 5.18. The lowest BCUT2D eigenvalue weighted by Gasteiger charge is -2.30. The highest BCUT2D eigenvalue weighted by Crippen LogP contribution is 2.25. The molecule has 1 aromatic rings. The highest BCUT2D eigenvalue weighted by molar-refractivity contribution is 5.92. The van der Waals surface area contributed by atoms with Gasteiger partial charge in [-0.25, -0.2) is 0 Å². The minimum atomic E-state index is -0.239. The number of carbonyl (C=O) groups is 2. The van der Waals surface area contributed by atoms with E-state index in [2.05, 4.69) is 10.3 Å². The lowest BCUT2D eigenvalue weighted by atomic mass is 9.84. The van der Waals surface area contributed by atoms with Gasteiger partial charge in [0.25, 0.3) is 5.91 Å². The van der Waals surface area contributed by atoms with Gasteiger partial charge in [-0.2, -0.15) is 0 Å². The van der Waals surface area contributed by atoms with Gasteiger partial charge < -0.3 is 10.1 Å². The summed E-state index contributed by atoms with van der Waals surface area (Å²) >= 11 is 0. The maximum absolute atomic E-state index is 12.1. The lowest BCUT2D eigenvalue weighted by molar-refractivity contribution is -0.150. The summed E-state index contributed by atoms with van der Waals surface area (Å²) in [5, 5.41) is 2.92. The zero-order chi connectivity index (χ0) is 14.4. The second kappa shape index (κ2) is 7.03. The van der Waals surface area contributed by atoms with E-state index in [1.54, 1.807) is 31.3 Å². The fraction of sp³-hybridized carbons (Fsp3) is 0.533. The van der Waals surface area contributed by atoms with Gasteiger partial charge in [-0.05, 0) is 31.9 Å². The van der Waals surface area contributed by atoms with E-state index in [0.29, 0.717) is 12.3 Å². The third-order valence-corrected chi connectivity index (χ3v) is 3.57. The van der Waals surface area contributed by atoms with E-state index in [0.717, 1.165) is 25.7 Å². The van der Waals surface area contributed by atoms with Crippen molar-refractivity contribution in [3.05, 3.63) is 30.1 Å². The molecule has 0 aliphatic heterocycles. The van der Waals surface area contributed by atoms with Crippen molar-refractivity contribution in [1.29, 1.82) is 0 Å². The van der Waals surface area contributed by atoms with Crippen LogP contribution in [0.1, 0.15) is 43.1 Å². The highest BCUT2D eigenvalue weighted by Gasteiger charge is 2.33. The van der Waals surface area contributed by atoms with E-state index in [9.17, 15) is 9.59 Å². The van der Waals surface area contributed by atoms with Gasteiger partial charge in [0.2, 0.25) is 0 Å². The van der Waals surface area contributed by atoms with Crippen LogP contribution in [0, 0.1) is 5.92 Å². The number of aromatic nitrogens is 1. The Morgan fingerprint density at radius 1 is 1.35 bits per heavy atom. The van der Waals surface area contributed by atoms with Gasteiger partial charge >= 0.3 is 5.97 Å². The molecule has 0 spiro atoms. The van der Waals surface area contributed by atoms with Crippen LogP contribution < -0.4 is 5.32 Å². The first kappa shape index (κ1) is 14.5. The number of pyridine rings is 1. The monoisotopic (exact) mass is 276 g/mol. The molecule has 1 aliphatic rings. The van der Waals surface area contributed by atoms with Crippen LogP contribution in [0.2, 0.25) is 0 Å². The quantitative estimate of drug-likeness (QED) is 0.853. The zero-order valence-electron chi connectivity index (χ0n) is 11.7. The smallest absolute Gasteiger partial charge is 0.311 e. The van der Waals surface area contributed by atoms with Gasteiger partial charge in [0.05, 0.1) is 12.5 Å². The number of rotatable bonds is 4. The second-order valence-corrected chi connectivity index (χ2v) is 4.94. The molecule has 5 nitrogen and oxygen atoms in total. The van der Waals surface area contributed by atoms with Crippen LogP contribution in [0.3, 0.4) is 0 Å². The fourth-order valence-corrected chi connectivity index (χ4v) is 2.57. The predicted molar refractivity (Wildman–Crippen MR) is 74.1 cm³/mol. The van der Waals surface area contributed by atoms with Crippen molar-refractivity contribution in [2.75, 3.05) is 6.61 Å². The Morgan fingerprint density at radius 2 is 2.15 bits per heavy atom. The summed E-state index contributed by atoms with van der Waals surface area (Å²) < 4.78 is 5.09. The summed E-state index contributed by atoms with van der Waals surface area (Å²) in [5.41, 5.74) is 0.376. The number of carbonyl (C=O) groups excluding carboxylic acids is 2. The summed E-state index contributed by atoms with van der Waals surface area (Å²) in [5.74, 6) is -0.679. The summed E-state index contributed by atoms with van der Waals surface area (Å²) in [6.45, 7) is 2.17. The van der Waals surface area contributed by atoms with E-state index in [1.165, 1.54) is 0 Å². The van der Waals surface area contributed by atoms with E-state index in [4.69, 9.17) is 4.74 Å². The summed E-state index contributed by atoms with van der Waals surface area (Å²) in [7, 11) is 0. The number of nitrogens with one attached hydrogen (secondary N) is 1. The molecule has 0 saturated heterocycles. The van der Waals surface area contributed by atoms with Crippen molar-refractivity contribution < 1.29 is 14.3 Å². The number of nitrogens with zero attached hydrogens (tertiary/aromatic N) is 1. The molecule has 0 bridgehead atoms. The number of ether oxygens (including phenoxy) is 1. The van der Waals surface area contributed by atoms with Gasteiger partial charge in [0.1, 0.15) is 5.69 Å². The van der Waals surface area contributed by atoms with Crippen molar-refractivity contribution in [3.63, 3.8) is 0 Å². The van der Waals surface area contributed by atoms with Crippen LogP contribution in [-0.4, -0.2) is 29.5 Å². The Bertz CT molecular complexity index is 461. The fourth-order valence-electron chi connectivity index (χ4n) is 2.57. The Morgan fingerprint density at radius 3 is 2.85 bits per heavy atom. The molecule has 0 aromatic carbocycles. The van der Waals surface area contributed by atoms with Crippen LogP contribution >= 0.6 is 0 Å². The molecule has 0 radical (unpaired) electrons. The van der Waals surface area contributed by atoms with Crippen molar-refractivity contribution in [1.82, 2.24) is 10.3 Å². The summed E-state index contributed by atoms with van der Waals surface area (Å²) in [6, 6.07) is 5.04. The molecule has 0 unspecified atom stereocenters. The Kier molecular flexibility index (Phi) is 5.09. The van der Waals surface area contributed by atoms with Crippen LogP contribution in [0.4, 0.5) is 0 Å². The summed E-state index contributed by atoms with van der Waals surface area (Å²) in [4.78, 5) is 28.1. The van der Waals surface area contributed by atoms with Crippen LogP contribution in [-0.2, 0) is 9.53 Å². The van der Waals surface area contributed by atoms with Gasteiger partial charge in [-0.15, -0.1) is 0 Å². The molecule has 1 heterocycles. The maximum Gasteiger partial charge on any atom is 0.311 e. The molecule has 1 amide bonds. The third kappa shape index (κ3) is 3.56. The third-order valence-electron chi connectivity index (χ3n) is 3.57. The number of amides is 1. The molecule has 20 heavy (non-hydrogen) atoms. The predicted octanol–water partition coefficient (Wildman–Crippen LogP) is 1.93. The largest absolute Gasteiger partial charge is 0.466 e. The molecule has 1 aromatic heterocycles. The number of hydrogen-bond donors (Lipinski definition) is 1. The molecule has 2 rings (SSSR count). The van der Waals surface area contributed by atoms with Crippen LogP contribution in [0.25, 0.3) is 0 Å². The van der Waals surface area contributed by atoms with Crippen molar-refractivity contribution in [3.8, 4) is 0 Å². The van der Waals surface area contributed by atoms with E-state index < -0.39 is 0 Å². The maximum atomic E-state index is 12.1. The first-order chi connectivity index (χ1) is 9.72. The van der Waals surface area contributed by atoms with Gasteiger partial charge in [0, 0.05) is 12.2 Å². The van der Waals surface area contributed by atoms with Gasteiger partial charge in [-0.1, -0.05) is 18.9 Å². The first-order valence-electron chi connectivity index (χ1n) is 7.11. The number of esters is 1. The topological polar surface area (TPSA) is 68.3 Å². The molecule has 1 aliphatic carbocycles. The van der Waals surface area contributed by atoms with E-state index in [1.807, 2.05) is 0 Å². The minimum Gasteiger partial charge on any atom is -0.466 e. The van der Waals surface area contributed by atoms with Crippen LogP contribution in [0.5, 0.6) is 0 Å². The molecular weight excluding hydrogens is 256 g/mol. The average molecular weight is 276 g/mol. The Balaban J connectivity index is 2.02. The average Bonchev–Trinajstić information content (AvgIpc) is 2.49. The van der Waals surface area contributed by atoms with Crippen LogP contribution in [0.15, 0.2) is 24.4 Å². The Hall–Kier alpha value is -1.91. The van der Waals surface area contributed by atoms with Gasteiger partial charge in [-0.3, -0.25) is 14.6 Å². The highest BCUT2D eigenvalue weighted by atomic mass is 16.5. The minimum absolute atomic E-state index is 0.155. The second-order valence-electron chi connectivity index (χ2n) is 4.94. The standard InChI is InChI=1S/C15H20N2O3/c1-2-20-15(19)11-7-3-4-8-12(11)17-14(18)13-9-5-6-10-16-13/h5-6,9-12H,2-4,7-8H2,1H3,(H,17,18)/t11-,12-/m1/s1. The SMILES string of the molecule is CCOC(=O)[C@@H]1CCCC[C@H]1NC(=O)c1ccccn1. The molecule has 108 valence electrons. The molecular formula is C15H20N2O3. The zero-order valence-corrected chi connectivity index (χ0v) is 11.7. The molecule has 1 fully saturated rings. The lowest BCUT2D eigenvalue weighted by Crippen LogP contribution is -2.45. The molecule has 2 atom stereocenters. The molecule has 5 heteroatoms. The van der Waals surface area contributed by atoms with E-state index in [-0.39, 0.29) is 23.8 Å². The van der Waals surface area contributed by atoms with E-state index >= 15 is 0 Å². The first-order valence-corrected chi connectivity index (χ1v) is 7.11. The van der Waals surface area contributed by atoms with Gasteiger partial charge in [0.15, 0.2) is 0 Å². The Labute approximate surface area is 118 Å². The molecule has 1 saturated carbocycles. The number of hydrogen-bond acceptors (Lipinski definition) is 4. The van der Waals surface area contributed by atoms with Crippen molar-refractivity contribution in [2.45, 2.75) is 38.6 Å².